The summed E-state index contributed by atoms with van der Waals surface area (Å²) in [6.07, 6.45) is 4.34. The van der Waals surface area contributed by atoms with Crippen molar-refractivity contribution in [1.29, 1.82) is 0 Å². The van der Waals surface area contributed by atoms with Gasteiger partial charge in [-0.25, -0.2) is 4.98 Å². The number of methoxy groups -OCH3 is 1. The Kier molecular flexibility index (Phi) is 4.80. The van der Waals surface area contributed by atoms with Crippen LogP contribution in [0.4, 0.5) is 5.82 Å². The van der Waals surface area contributed by atoms with Gasteiger partial charge in [0.1, 0.15) is 5.82 Å². The molecule has 2 heterocycles. The van der Waals surface area contributed by atoms with Crippen molar-refractivity contribution in [2.75, 3.05) is 32.1 Å². The second kappa shape index (κ2) is 6.36. The van der Waals surface area contributed by atoms with Gasteiger partial charge in [0.15, 0.2) is 0 Å². The Morgan fingerprint density at radius 3 is 2.78 bits per heavy atom. The minimum atomic E-state index is 0.378. The highest BCUT2D eigenvalue weighted by Crippen LogP contribution is 2.27. The molecule has 1 aliphatic rings. The highest BCUT2D eigenvalue weighted by Gasteiger charge is 2.21. The lowest BCUT2D eigenvalue weighted by molar-refractivity contribution is 0.0818. The molecule has 5 heteroatoms. The van der Waals surface area contributed by atoms with Crippen LogP contribution < -0.4 is 10.2 Å². The lowest BCUT2D eigenvalue weighted by Crippen LogP contribution is -2.37. The van der Waals surface area contributed by atoms with Gasteiger partial charge >= 0.3 is 0 Å². The van der Waals surface area contributed by atoms with E-state index in [1.54, 1.807) is 7.11 Å². The van der Waals surface area contributed by atoms with E-state index >= 15 is 0 Å². The van der Waals surface area contributed by atoms with Crippen LogP contribution in [0.2, 0.25) is 5.02 Å². The Hall–Kier alpha value is -0.840. The topological polar surface area (TPSA) is 37.4 Å². The van der Waals surface area contributed by atoms with Crippen LogP contribution in [0.15, 0.2) is 12.3 Å². The van der Waals surface area contributed by atoms with Gasteiger partial charge in [0.25, 0.3) is 0 Å². The number of ether oxygens (including phenoxy) is 1. The predicted octanol–water partition coefficient (Wildman–Crippen LogP) is 2.07. The van der Waals surface area contributed by atoms with Gasteiger partial charge in [-0.15, -0.1) is 0 Å². The zero-order valence-electron chi connectivity index (χ0n) is 10.9. The molecule has 2 rings (SSSR count). The number of anilines is 1. The van der Waals surface area contributed by atoms with Crippen LogP contribution in [-0.2, 0) is 11.3 Å². The van der Waals surface area contributed by atoms with Crippen molar-refractivity contribution in [3.8, 4) is 0 Å². The fourth-order valence-corrected chi connectivity index (χ4v) is 2.62. The first-order valence-corrected chi connectivity index (χ1v) is 6.69. The van der Waals surface area contributed by atoms with Crippen molar-refractivity contribution in [3.63, 3.8) is 0 Å². The fourth-order valence-electron chi connectivity index (χ4n) is 2.31. The minimum Gasteiger partial charge on any atom is -0.381 e. The Morgan fingerprint density at radius 1 is 1.50 bits per heavy atom. The average Bonchev–Trinajstić information content (AvgIpc) is 2.40. The number of piperidine rings is 1. The molecule has 0 unspecified atom stereocenters. The van der Waals surface area contributed by atoms with E-state index in [-0.39, 0.29) is 0 Å². The summed E-state index contributed by atoms with van der Waals surface area (Å²) in [6, 6.07) is 1.99. The van der Waals surface area contributed by atoms with Crippen LogP contribution in [0.3, 0.4) is 0 Å². The van der Waals surface area contributed by atoms with Crippen molar-refractivity contribution in [2.24, 2.45) is 0 Å². The molecule has 0 radical (unpaired) electrons. The highest BCUT2D eigenvalue weighted by molar-refractivity contribution is 6.33. The number of pyridine rings is 1. The average molecular weight is 270 g/mol. The second-order valence-electron chi connectivity index (χ2n) is 4.60. The molecule has 1 aromatic rings. The number of nitrogens with one attached hydrogen (secondary N) is 1. The summed E-state index contributed by atoms with van der Waals surface area (Å²) in [7, 11) is 3.69. The lowest BCUT2D eigenvalue weighted by atomic mass is 10.1. The largest absolute Gasteiger partial charge is 0.381 e. The monoisotopic (exact) mass is 269 g/mol. The van der Waals surface area contributed by atoms with E-state index < -0.39 is 0 Å². The summed E-state index contributed by atoms with van der Waals surface area (Å²) >= 11 is 6.31. The van der Waals surface area contributed by atoms with Gasteiger partial charge in [0, 0.05) is 32.9 Å². The van der Waals surface area contributed by atoms with Gasteiger partial charge in [-0.3, -0.25) is 0 Å². The van der Waals surface area contributed by atoms with Crippen LogP contribution in [-0.4, -0.2) is 38.3 Å². The number of rotatable bonds is 4. The molecule has 0 spiro atoms. The quantitative estimate of drug-likeness (QED) is 0.908. The summed E-state index contributed by atoms with van der Waals surface area (Å²) in [5.74, 6) is 0.895. The van der Waals surface area contributed by atoms with E-state index in [2.05, 4.69) is 15.2 Å². The smallest absolute Gasteiger partial charge is 0.147 e. The molecule has 0 saturated carbocycles. The molecule has 18 heavy (non-hydrogen) atoms. The Balaban J connectivity index is 2.05. The lowest BCUT2D eigenvalue weighted by Gasteiger charge is -2.32. The van der Waals surface area contributed by atoms with E-state index in [0.717, 1.165) is 48.9 Å². The zero-order valence-corrected chi connectivity index (χ0v) is 11.7. The number of hydrogen-bond acceptors (Lipinski definition) is 4. The van der Waals surface area contributed by atoms with Crippen LogP contribution >= 0.6 is 11.6 Å². The van der Waals surface area contributed by atoms with Crippen molar-refractivity contribution in [2.45, 2.75) is 25.5 Å². The molecule has 1 aromatic heterocycles. The van der Waals surface area contributed by atoms with E-state index in [0.29, 0.717) is 6.10 Å². The molecule has 1 N–H and O–H groups in total. The molecule has 0 bridgehead atoms. The number of halogens is 1. The number of hydrogen-bond donors (Lipinski definition) is 1. The van der Waals surface area contributed by atoms with Crippen LogP contribution in [0.1, 0.15) is 18.4 Å². The molecular formula is C13H20ClN3O. The SMILES string of the molecule is CNCc1cnc(N2CCC(OC)CC2)c(Cl)c1. The molecule has 0 aliphatic carbocycles. The maximum atomic E-state index is 6.31. The standard InChI is InChI=1S/C13H20ClN3O/c1-15-8-10-7-12(14)13(16-9-10)17-5-3-11(18-2)4-6-17/h7,9,11,15H,3-6,8H2,1-2H3. The van der Waals surface area contributed by atoms with E-state index in [1.807, 2.05) is 19.3 Å². The normalized spacial score (nSPS) is 17.2. The number of nitrogens with zero attached hydrogens (tertiary/aromatic N) is 2. The van der Waals surface area contributed by atoms with Crippen molar-refractivity contribution >= 4 is 17.4 Å². The first-order valence-electron chi connectivity index (χ1n) is 6.31. The maximum Gasteiger partial charge on any atom is 0.147 e. The second-order valence-corrected chi connectivity index (χ2v) is 5.01. The van der Waals surface area contributed by atoms with Gasteiger partial charge in [-0.05, 0) is 31.5 Å². The molecule has 0 aromatic carbocycles. The molecule has 0 amide bonds. The van der Waals surface area contributed by atoms with E-state index in [9.17, 15) is 0 Å². The maximum absolute atomic E-state index is 6.31. The van der Waals surface area contributed by atoms with Gasteiger partial charge in [-0.2, -0.15) is 0 Å². The predicted molar refractivity (Wildman–Crippen MR) is 74.3 cm³/mol. The first-order chi connectivity index (χ1) is 8.74. The molecule has 1 saturated heterocycles. The zero-order chi connectivity index (χ0) is 13.0. The third-order valence-electron chi connectivity index (χ3n) is 3.33. The third kappa shape index (κ3) is 3.13. The molecule has 0 atom stereocenters. The molecule has 4 nitrogen and oxygen atoms in total. The minimum absolute atomic E-state index is 0.378. The highest BCUT2D eigenvalue weighted by atomic mass is 35.5. The Bertz CT molecular complexity index is 392. The van der Waals surface area contributed by atoms with Gasteiger partial charge < -0.3 is 15.0 Å². The number of aromatic nitrogens is 1. The summed E-state index contributed by atoms with van der Waals surface area (Å²) < 4.78 is 5.37. The summed E-state index contributed by atoms with van der Waals surface area (Å²) in [5.41, 5.74) is 1.11. The van der Waals surface area contributed by atoms with E-state index in [4.69, 9.17) is 16.3 Å². The third-order valence-corrected chi connectivity index (χ3v) is 3.61. The van der Waals surface area contributed by atoms with Crippen molar-refractivity contribution < 1.29 is 4.74 Å². The van der Waals surface area contributed by atoms with Crippen molar-refractivity contribution in [1.82, 2.24) is 10.3 Å². The Morgan fingerprint density at radius 2 is 2.22 bits per heavy atom. The van der Waals surface area contributed by atoms with Crippen LogP contribution in [0.25, 0.3) is 0 Å². The van der Waals surface area contributed by atoms with Gasteiger partial charge in [0.2, 0.25) is 0 Å². The fraction of sp³-hybridized carbons (Fsp3) is 0.615. The van der Waals surface area contributed by atoms with Crippen LogP contribution in [0, 0.1) is 0 Å². The summed E-state index contributed by atoms with van der Waals surface area (Å²) in [4.78, 5) is 6.72. The Labute approximate surface area is 113 Å². The van der Waals surface area contributed by atoms with Crippen molar-refractivity contribution in [3.05, 3.63) is 22.8 Å². The van der Waals surface area contributed by atoms with Crippen LogP contribution in [0.5, 0.6) is 0 Å². The van der Waals surface area contributed by atoms with Gasteiger partial charge in [-0.1, -0.05) is 11.6 Å². The molecular weight excluding hydrogens is 250 g/mol. The summed E-state index contributed by atoms with van der Waals surface area (Å²) in [5, 5.41) is 3.83. The molecule has 100 valence electrons. The summed E-state index contributed by atoms with van der Waals surface area (Å²) in [6.45, 7) is 2.70. The molecule has 1 fully saturated rings. The first kappa shape index (κ1) is 13.6. The van der Waals surface area contributed by atoms with Gasteiger partial charge in [0.05, 0.1) is 11.1 Å². The van der Waals surface area contributed by atoms with E-state index in [1.165, 1.54) is 0 Å². The molecule has 1 aliphatic heterocycles.